The third kappa shape index (κ3) is 5.30. The number of terminal acetylenes is 1. The van der Waals surface area contributed by atoms with E-state index in [1.54, 1.807) is 0 Å². The van der Waals surface area contributed by atoms with Crippen molar-refractivity contribution in [2.24, 2.45) is 5.92 Å². The van der Waals surface area contributed by atoms with Gasteiger partial charge in [-0.2, -0.15) is 0 Å². The van der Waals surface area contributed by atoms with Crippen molar-refractivity contribution in [1.29, 1.82) is 0 Å². The maximum absolute atomic E-state index is 6.28. The molecule has 102 valence electrons. The van der Waals surface area contributed by atoms with Crippen LogP contribution in [-0.4, -0.2) is 14.4 Å². The Balaban J connectivity index is 4.67. The van der Waals surface area contributed by atoms with Crippen molar-refractivity contribution >= 4 is 8.32 Å². The minimum absolute atomic E-state index is 0.114. The number of hydrogen-bond acceptors (Lipinski definition) is 1. The first-order chi connectivity index (χ1) is 8.15. The summed E-state index contributed by atoms with van der Waals surface area (Å²) in [5.74, 6) is 9.35. The fraction of sp³-hybridized carbons (Fsp3) is 0.750. The molecule has 1 unspecified atom stereocenters. The number of hydrogen-bond donors (Lipinski definition) is 0. The first kappa shape index (κ1) is 17.3. The highest BCUT2D eigenvalue weighted by atomic mass is 28.4. The van der Waals surface area contributed by atoms with Crippen LogP contribution in [0, 0.1) is 30.1 Å². The molecule has 1 nitrogen and oxygen atoms in total. The summed E-state index contributed by atoms with van der Waals surface area (Å²) in [7, 11) is -1.79. The van der Waals surface area contributed by atoms with E-state index in [2.05, 4.69) is 65.5 Å². The van der Waals surface area contributed by atoms with Gasteiger partial charge in [0, 0.05) is 18.8 Å². The summed E-state index contributed by atoms with van der Waals surface area (Å²) in [6.07, 6.45) is 7.23. The van der Waals surface area contributed by atoms with Crippen molar-refractivity contribution in [3.8, 4) is 24.2 Å². The summed E-state index contributed by atoms with van der Waals surface area (Å²) < 4.78 is 6.28. The van der Waals surface area contributed by atoms with Gasteiger partial charge in [-0.25, -0.2) is 0 Å². The zero-order valence-corrected chi connectivity index (χ0v) is 14.1. The lowest BCUT2D eigenvalue weighted by Crippen LogP contribution is -2.45. The molecule has 0 aromatic heterocycles. The van der Waals surface area contributed by atoms with Crippen LogP contribution in [0.15, 0.2) is 0 Å². The zero-order chi connectivity index (χ0) is 14.4. The first-order valence-corrected chi connectivity index (χ1v) is 9.66. The van der Waals surface area contributed by atoms with Crippen molar-refractivity contribution < 1.29 is 4.43 Å². The van der Waals surface area contributed by atoms with Gasteiger partial charge in [-0.3, -0.25) is 0 Å². The van der Waals surface area contributed by atoms with Gasteiger partial charge >= 0.3 is 0 Å². The van der Waals surface area contributed by atoms with Crippen LogP contribution in [0.4, 0.5) is 0 Å². The highest BCUT2D eigenvalue weighted by Gasteiger charge is 2.39. The molecule has 0 aliphatic heterocycles. The number of rotatable bonds is 4. The molecule has 0 bridgehead atoms. The van der Waals surface area contributed by atoms with E-state index in [9.17, 15) is 0 Å². The summed E-state index contributed by atoms with van der Waals surface area (Å²) in [5, 5.41) is 0.191. The summed E-state index contributed by atoms with van der Waals surface area (Å²) in [4.78, 5) is 0. The molecule has 0 radical (unpaired) electrons. The highest BCUT2D eigenvalue weighted by molar-refractivity contribution is 6.74. The van der Waals surface area contributed by atoms with Crippen LogP contribution in [0.2, 0.25) is 18.1 Å². The Morgan fingerprint density at radius 1 is 1.22 bits per heavy atom. The van der Waals surface area contributed by atoms with Gasteiger partial charge in [-0.15, -0.1) is 18.3 Å². The second-order valence-corrected chi connectivity index (χ2v) is 11.1. The molecule has 0 aromatic carbocycles. The Kier molecular flexibility index (Phi) is 6.75. The van der Waals surface area contributed by atoms with Gasteiger partial charge in [0.05, 0.1) is 0 Å². The standard InChI is InChI=1S/C16H28OSi/c1-9-11-12-13-14(3)15(10-2)17-18(7,8)16(4,5)6/h2,14-15H,9,13H2,1,3-8H3/t14?,15-/m1/s1. The maximum Gasteiger partial charge on any atom is 0.193 e. The highest BCUT2D eigenvalue weighted by Crippen LogP contribution is 2.38. The molecule has 0 saturated carbocycles. The van der Waals surface area contributed by atoms with Gasteiger partial charge in [-0.1, -0.05) is 40.5 Å². The van der Waals surface area contributed by atoms with Gasteiger partial charge in [0.1, 0.15) is 6.10 Å². The quantitative estimate of drug-likeness (QED) is 0.538. The normalized spacial score (nSPS) is 15.2. The Hall–Kier alpha value is -0.703. The average molecular weight is 264 g/mol. The van der Waals surface area contributed by atoms with Crippen molar-refractivity contribution in [3.05, 3.63) is 0 Å². The van der Waals surface area contributed by atoms with Crippen LogP contribution < -0.4 is 0 Å². The molecule has 0 amide bonds. The van der Waals surface area contributed by atoms with Crippen molar-refractivity contribution in [2.45, 2.75) is 71.7 Å². The lowest BCUT2D eigenvalue weighted by Gasteiger charge is -2.39. The predicted molar refractivity (Wildman–Crippen MR) is 82.8 cm³/mol. The van der Waals surface area contributed by atoms with E-state index in [0.717, 1.165) is 12.8 Å². The van der Waals surface area contributed by atoms with Crippen LogP contribution in [0.25, 0.3) is 0 Å². The van der Waals surface area contributed by atoms with E-state index in [-0.39, 0.29) is 11.1 Å². The topological polar surface area (TPSA) is 9.23 Å². The largest absolute Gasteiger partial charge is 0.403 e. The molecule has 0 aliphatic rings. The van der Waals surface area contributed by atoms with Crippen LogP contribution in [0.5, 0.6) is 0 Å². The molecule has 2 heteroatoms. The van der Waals surface area contributed by atoms with E-state index >= 15 is 0 Å². The molecule has 0 spiro atoms. The molecule has 18 heavy (non-hydrogen) atoms. The summed E-state index contributed by atoms with van der Waals surface area (Å²) >= 11 is 0. The van der Waals surface area contributed by atoms with Crippen molar-refractivity contribution in [1.82, 2.24) is 0 Å². The molecular weight excluding hydrogens is 236 g/mol. The Bertz CT molecular complexity index is 346. The van der Waals surface area contributed by atoms with E-state index in [4.69, 9.17) is 10.8 Å². The van der Waals surface area contributed by atoms with E-state index in [1.165, 1.54) is 0 Å². The monoisotopic (exact) mass is 264 g/mol. The minimum Gasteiger partial charge on any atom is -0.403 e. The third-order valence-electron chi connectivity index (χ3n) is 3.63. The van der Waals surface area contributed by atoms with Crippen LogP contribution in [0.3, 0.4) is 0 Å². The van der Waals surface area contributed by atoms with Gasteiger partial charge < -0.3 is 4.43 Å². The lowest BCUT2D eigenvalue weighted by molar-refractivity contribution is 0.179. The molecule has 2 atom stereocenters. The lowest BCUT2D eigenvalue weighted by atomic mass is 10.0. The second kappa shape index (κ2) is 7.03. The van der Waals surface area contributed by atoms with E-state index in [0.29, 0.717) is 5.92 Å². The van der Waals surface area contributed by atoms with Gasteiger partial charge in [0.2, 0.25) is 0 Å². The van der Waals surface area contributed by atoms with Gasteiger partial charge in [0.25, 0.3) is 0 Å². The summed E-state index contributed by atoms with van der Waals surface area (Å²) in [6.45, 7) is 15.4. The maximum atomic E-state index is 6.28. The molecule has 0 fully saturated rings. The fourth-order valence-corrected chi connectivity index (χ4v) is 2.56. The van der Waals surface area contributed by atoms with E-state index < -0.39 is 8.32 Å². The van der Waals surface area contributed by atoms with Gasteiger partial charge in [0.15, 0.2) is 8.32 Å². The predicted octanol–water partition coefficient (Wildman–Crippen LogP) is 4.45. The molecule has 0 aliphatic carbocycles. The Morgan fingerprint density at radius 3 is 2.17 bits per heavy atom. The Morgan fingerprint density at radius 2 is 1.78 bits per heavy atom. The average Bonchev–Trinajstić information content (AvgIpc) is 2.24. The molecular formula is C16H28OSi. The van der Waals surface area contributed by atoms with Crippen LogP contribution in [-0.2, 0) is 4.43 Å². The molecule has 0 aromatic rings. The summed E-state index contributed by atoms with van der Waals surface area (Å²) in [6, 6.07) is 0. The smallest absolute Gasteiger partial charge is 0.193 e. The Labute approximate surface area is 115 Å². The van der Waals surface area contributed by atoms with E-state index in [1.807, 2.05) is 0 Å². The SMILES string of the molecule is C#C[C@@H](O[Si](C)(C)C(C)(C)C)C(C)CC#CCC. The first-order valence-electron chi connectivity index (χ1n) is 6.75. The van der Waals surface area contributed by atoms with Crippen LogP contribution >= 0.6 is 0 Å². The third-order valence-corrected chi connectivity index (χ3v) is 8.09. The molecule has 0 saturated heterocycles. The second-order valence-electron chi connectivity index (χ2n) is 6.35. The molecule has 0 heterocycles. The molecule has 0 rings (SSSR count). The fourth-order valence-electron chi connectivity index (χ4n) is 1.27. The van der Waals surface area contributed by atoms with Crippen molar-refractivity contribution in [3.63, 3.8) is 0 Å². The van der Waals surface area contributed by atoms with Crippen molar-refractivity contribution in [2.75, 3.05) is 0 Å². The van der Waals surface area contributed by atoms with Crippen LogP contribution in [0.1, 0.15) is 47.5 Å². The zero-order valence-electron chi connectivity index (χ0n) is 13.1. The minimum atomic E-state index is -1.79. The summed E-state index contributed by atoms with van der Waals surface area (Å²) in [5.41, 5.74) is 0. The molecule has 0 N–H and O–H groups in total. The van der Waals surface area contributed by atoms with Gasteiger partial charge in [-0.05, 0) is 18.1 Å².